The van der Waals surface area contributed by atoms with Gasteiger partial charge in [0.1, 0.15) is 6.54 Å². The number of nitrogens with one attached hydrogen (secondary N) is 2. The maximum absolute atomic E-state index is 12.3. The lowest BCUT2D eigenvalue weighted by Crippen LogP contribution is -2.38. The van der Waals surface area contributed by atoms with Crippen molar-refractivity contribution in [2.45, 2.75) is 6.54 Å². The first kappa shape index (κ1) is 13.8. The normalized spacial score (nSPS) is 10.8. The molecule has 0 saturated heterocycles. The van der Waals surface area contributed by atoms with Crippen molar-refractivity contribution in [3.05, 3.63) is 20.8 Å². The van der Waals surface area contributed by atoms with Gasteiger partial charge in [-0.25, -0.2) is 4.79 Å². The molecule has 1 amide bonds. The highest BCUT2D eigenvalue weighted by Crippen LogP contribution is 2.14. The smallest absolute Gasteiger partial charge is 0.332 e. The molecule has 2 N–H and O–H groups in total. The van der Waals surface area contributed by atoms with Crippen LogP contribution in [0.1, 0.15) is 0 Å². The average Bonchev–Trinajstić information content (AvgIpc) is 2.81. The number of carbonyl (C=O) groups excluding carboxylic acids is 1. The second-order valence-corrected chi connectivity index (χ2v) is 4.32. The van der Waals surface area contributed by atoms with Gasteiger partial charge in [0.25, 0.3) is 5.56 Å². The van der Waals surface area contributed by atoms with Crippen molar-refractivity contribution in [3.63, 3.8) is 0 Å². The third kappa shape index (κ3) is 1.87. The number of fused-ring (bicyclic) bond motifs is 1. The lowest BCUT2D eigenvalue weighted by molar-refractivity contribution is -0.121. The molecule has 0 radical (unpaired) electrons. The van der Waals surface area contributed by atoms with E-state index in [0.717, 1.165) is 4.57 Å². The standard InChI is InChI=1S/C11H16N6O3/c1-12-6(18)5-17-7-8(14-10(17)13-2)15(3)11(20)16(4)9(7)19/h5H2,1-4H3,(H,12,18)(H,13,14). The molecule has 0 fully saturated rings. The SMILES string of the molecule is CNC(=O)Cn1c(NC)nc2c1c(=O)n(C)c(=O)n2C. The number of nitrogens with zero attached hydrogens (tertiary/aromatic N) is 4. The number of hydrogen-bond acceptors (Lipinski definition) is 5. The van der Waals surface area contributed by atoms with Gasteiger partial charge < -0.3 is 10.6 Å². The summed E-state index contributed by atoms with van der Waals surface area (Å²) in [5.74, 6) is 0.0820. The van der Waals surface area contributed by atoms with Crippen LogP contribution in [0.15, 0.2) is 9.59 Å². The van der Waals surface area contributed by atoms with Crippen LogP contribution in [-0.4, -0.2) is 38.7 Å². The summed E-state index contributed by atoms with van der Waals surface area (Å²) in [5.41, 5.74) is -0.496. The van der Waals surface area contributed by atoms with E-state index in [1.54, 1.807) is 7.05 Å². The first-order chi connectivity index (χ1) is 9.42. The maximum atomic E-state index is 12.3. The van der Waals surface area contributed by atoms with Crippen molar-refractivity contribution in [1.29, 1.82) is 0 Å². The van der Waals surface area contributed by atoms with E-state index in [2.05, 4.69) is 15.6 Å². The molecule has 2 aromatic rings. The molecular formula is C11H16N6O3. The number of anilines is 1. The van der Waals surface area contributed by atoms with Crippen molar-refractivity contribution >= 4 is 23.0 Å². The lowest BCUT2D eigenvalue weighted by Gasteiger charge is -2.07. The summed E-state index contributed by atoms with van der Waals surface area (Å²) in [6, 6.07) is 0. The quantitative estimate of drug-likeness (QED) is 0.692. The Labute approximate surface area is 113 Å². The molecule has 2 aromatic heterocycles. The number of amides is 1. The molecule has 2 heterocycles. The highest BCUT2D eigenvalue weighted by atomic mass is 16.2. The molecule has 2 rings (SSSR count). The molecule has 0 bridgehead atoms. The zero-order chi connectivity index (χ0) is 15.0. The van der Waals surface area contributed by atoms with E-state index in [1.165, 1.54) is 30.3 Å². The second kappa shape index (κ2) is 4.83. The Kier molecular flexibility index (Phi) is 3.35. The Morgan fingerprint density at radius 1 is 1.20 bits per heavy atom. The van der Waals surface area contributed by atoms with Crippen molar-refractivity contribution in [1.82, 2.24) is 24.0 Å². The van der Waals surface area contributed by atoms with E-state index in [-0.39, 0.29) is 23.6 Å². The highest BCUT2D eigenvalue weighted by Gasteiger charge is 2.19. The molecule has 0 aliphatic carbocycles. The van der Waals surface area contributed by atoms with Gasteiger partial charge in [-0.2, -0.15) is 4.98 Å². The van der Waals surface area contributed by atoms with Crippen molar-refractivity contribution in [3.8, 4) is 0 Å². The number of carbonyl (C=O) groups is 1. The Hall–Kier alpha value is -2.58. The van der Waals surface area contributed by atoms with Crippen LogP contribution in [0.25, 0.3) is 11.2 Å². The molecule has 9 heteroatoms. The van der Waals surface area contributed by atoms with Crippen LogP contribution in [0.3, 0.4) is 0 Å². The molecule has 0 spiro atoms. The van der Waals surface area contributed by atoms with Gasteiger partial charge in [0.05, 0.1) is 0 Å². The third-order valence-electron chi connectivity index (χ3n) is 3.15. The Morgan fingerprint density at radius 3 is 2.40 bits per heavy atom. The van der Waals surface area contributed by atoms with Crippen LogP contribution >= 0.6 is 0 Å². The topological polar surface area (TPSA) is 103 Å². The molecule has 9 nitrogen and oxygen atoms in total. The summed E-state index contributed by atoms with van der Waals surface area (Å²) in [7, 11) is 6.06. The molecule has 0 unspecified atom stereocenters. The number of hydrogen-bond donors (Lipinski definition) is 2. The van der Waals surface area contributed by atoms with E-state index in [9.17, 15) is 14.4 Å². The average molecular weight is 280 g/mol. The molecule has 0 aliphatic heterocycles. The number of likely N-dealkylation sites (N-methyl/N-ethyl adjacent to an activating group) is 1. The summed E-state index contributed by atoms with van der Waals surface area (Å²) in [6.45, 7) is -0.0589. The van der Waals surface area contributed by atoms with Gasteiger partial charge in [0, 0.05) is 28.2 Å². The fourth-order valence-corrected chi connectivity index (χ4v) is 2.01. The van der Waals surface area contributed by atoms with E-state index < -0.39 is 11.2 Å². The van der Waals surface area contributed by atoms with Gasteiger partial charge >= 0.3 is 5.69 Å². The van der Waals surface area contributed by atoms with Crippen LogP contribution in [0.2, 0.25) is 0 Å². The predicted octanol–water partition coefficient (Wildman–Crippen LogP) is -1.78. The summed E-state index contributed by atoms with van der Waals surface area (Å²) in [5, 5.41) is 5.30. The first-order valence-electron chi connectivity index (χ1n) is 5.97. The van der Waals surface area contributed by atoms with Crippen LogP contribution in [0.4, 0.5) is 5.95 Å². The van der Waals surface area contributed by atoms with Crippen molar-refractivity contribution < 1.29 is 4.79 Å². The zero-order valence-corrected chi connectivity index (χ0v) is 11.7. The van der Waals surface area contributed by atoms with Gasteiger partial charge in [0.15, 0.2) is 11.2 Å². The molecule has 0 aromatic carbocycles. The number of rotatable bonds is 3. The summed E-state index contributed by atoms with van der Waals surface area (Å²) in [4.78, 5) is 39.9. The monoisotopic (exact) mass is 280 g/mol. The molecule has 0 saturated carbocycles. The largest absolute Gasteiger partial charge is 0.359 e. The van der Waals surface area contributed by atoms with Gasteiger partial charge in [0.2, 0.25) is 11.9 Å². The first-order valence-corrected chi connectivity index (χ1v) is 5.97. The molecule has 0 aliphatic rings. The molecular weight excluding hydrogens is 264 g/mol. The maximum Gasteiger partial charge on any atom is 0.332 e. The number of aryl methyl sites for hydroxylation is 1. The van der Waals surface area contributed by atoms with E-state index in [4.69, 9.17) is 0 Å². The van der Waals surface area contributed by atoms with Crippen LogP contribution in [0, 0.1) is 0 Å². The summed E-state index contributed by atoms with van der Waals surface area (Å²) < 4.78 is 3.72. The minimum Gasteiger partial charge on any atom is -0.359 e. The second-order valence-electron chi connectivity index (χ2n) is 4.32. The summed E-state index contributed by atoms with van der Waals surface area (Å²) >= 11 is 0. The molecule has 0 atom stereocenters. The van der Waals surface area contributed by atoms with Gasteiger partial charge in [-0.1, -0.05) is 0 Å². The number of aromatic nitrogens is 4. The lowest BCUT2D eigenvalue weighted by atomic mass is 10.4. The van der Waals surface area contributed by atoms with Crippen molar-refractivity contribution in [2.24, 2.45) is 14.1 Å². The third-order valence-corrected chi connectivity index (χ3v) is 3.15. The fourth-order valence-electron chi connectivity index (χ4n) is 2.01. The highest BCUT2D eigenvalue weighted by molar-refractivity contribution is 5.80. The van der Waals surface area contributed by atoms with Crippen LogP contribution < -0.4 is 21.9 Å². The fraction of sp³-hybridized carbons (Fsp3) is 0.455. The number of imidazole rings is 1. The van der Waals surface area contributed by atoms with Gasteiger partial charge in [-0.15, -0.1) is 0 Å². The van der Waals surface area contributed by atoms with Crippen LogP contribution in [-0.2, 0) is 25.4 Å². The zero-order valence-electron chi connectivity index (χ0n) is 11.7. The van der Waals surface area contributed by atoms with Crippen molar-refractivity contribution in [2.75, 3.05) is 19.4 Å². The van der Waals surface area contributed by atoms with Gasteiger partial charge in [-0.3, -0.25) is 23.3 Å². The Bertz CT molecular complexity index is 797. The predicted molar refractivity (Wildman–Crippen MR) is 73.8 cm³/mol. The Balaban J connectivity index is 2.89. The molecule has 108 valence electrons. The van der Waals surface area contributed by atoms with E-state index in [0.29, 0.717) is 5.95 Å². The van der Waals surface area contributed by atoms with E-state index >= 15 is 0 Å². The minimum absolute atomic E-state index is 0.0589. The summed E-state index contributed by atoms with van der Waals surface area (Å²) in [6.07, 6.45) is 0. The van der Waals surface area contributed by atoms with Crippen LogP contribution in [0.5, 0.6) is 0 Å². The molecule has 20 heavy (non-hydrogen) atoms. The van der Waals surface area contributed by atoms with E-state index in [1.807, 2.05) is 0 Å². The van der Waals surface area contributed by atoms with Gasteiger partial charge in [-0.05, 0) is 0 Å². The minimum atomic E-state index is -0.485. The Morgan fingerprint density at radius 2 is 1.85 bits per heavy atom.